The third kappa shape index (κ3) is 4.13. The van der Waals surface area contributed by atoms with Gasteiger partial charge >= 0.3 is 0 Å². The molecule has 2 nitrogen and oxygen atoms in total. The van der Waals surface area contributed by atoms with Crippen LogP contribution in [0.3, 0.4) is 0 Å². The number of hydrogen-bond acceptors (Lipinski definition) is 4. The van der Waals surface area contributed by atoms with Gasteiger partial charge in [0.15, 0.2) is 0 Å². The number of thioether (sulfide) groups is 1. The molecule has 1 rings (SSSR count). The Hall–Kier alpha value is -0.0600. The molecule has 0 aliphatic heterocycles. The monoisotopic (exact) mass is 244 g/mol. The van der Waals surface area contributed by atoms with Gasteiger partial charge in [0, 0.05) is 17.0 Å². The summed E-state index contributed by atoms with van der Waals surface area (Å²) in [5, 5.41) is 3.61. The summed E-state index contributed by atoms with van der Waals surface area (Å²) in [5.41, 5.74) is 3.09. The van der Waals surface area contributed by atoms with Gasteiger partial charge in [-0.05, 0) is 39.2 Å². The van der Waals surface area contributed by atoms with Gasteiger partial charge in [-0.25, -0.2) is 4.98 Å². The molecule has 15 heavy (non-hydrogen) atoms. The van der Waals surface area contributed by atoms with E-state index in [-0.39, 0.29) is 0 Å². The lowest BCUT2D eigenvalue weighted by Crippen LogP contribution is -2.29. The molecule has 4 heteroatoms. The van der Waals surface area contributed by atoms with Crippen LogP contribution in [0.2, 0.25) is 0 Å². The van der Waals surface area contributed by atoms with Crippen molar-refractivity contribution >= 4 is 23.1 Å². The topological polar surface area (TPSA) is 24.9 Å². The van der Waals surface area contributed by atoms with Gasteiger partial charge in [-0.2, -0.15) is 11.8 Å². The van der Waals surface area contributed by atoms with Crippen molar-refractivity contribution in [3.8, 4) is 0 Å². The van der Waals surface area contributed by atoms with Gasteiger partial charge in [-0.1, -0.05) is 0 Å². The van der Waals surface area contributed by atoms with Gasteiger partial charge in [-0.15, -0.1) is 11.3 Å². The van der Waals surface area contributed by atoms with Gasteiger partial charge in [-0.3, -0.25) is 0 Å². The molecule has 0 fully saturated rings. The van der Waals surface area contributed by atoms with Crippen LogP contribution in [0, 0.1) is 6.92 Å². The molecule has 0 amide bonds. The molecule has 0 spiro atoms. The summed E-state index contributed by atoms with van der Waals surface area (Å²) >= 11 is 3.65. The fraction of sp³-hybridized carbons (Fsp3) is 0.727. The standard InChI is InChI=1S/C11H20N2S2/c1-8(5-6-14-4)13-10(3)11-9(2)12-7-15-11/h7-8,10,13H,5-6H2,1-4H3. The molecule has 0 aliphatic carbocycles. The fourth-order valence-corrected chi connectivity index (χ4v) is 3.02. The molecule has 0 aromatic carbocycles. The minimum atomic E-state index is 0.425. The van der Waals surface area contributed by atoms with Crippen molar-refractivity contribution in [2.75, 3.05) is 12.0 Å². The number of aryl methyl sites for hydroxylation is 1. The van der Waals surface area contributed by atoms with E-state index in [4.69, 9.17) is 0 Å². The van der Waals surface area contributed by atoms with Gasteiger partial charge in [0.05, 0.1) is 11.2 Å². The molecule has 0 radical (unpaired) electrons. The third-order valence-electron chi connectivity index (χ3n) is 2.47. The zero-order valence-electron chi connectivity index (χ0n) is 9.91. The molecule has 1 N–H and O–H groups in total. The molecular weight excluding hydrogens is 224 g/mol. The summed E-state index contributed by atoms with van der Waals surface area (Å²) in [6.07, 6.45) is 3.38. The van der Waals surface area contributed by atoms with Crippen molar-refractivity contribution in [3.05, 3.63) is 16.1 Å². The zero-order chi connectivity index (χ0) is 11.3. The summed E-state index contributed by atoms with van der Waals surface area (Å²) in [4.78, 5) is 5.65. The number of hydrogen-bond donors (Lipinski definition) is 1. The maximum atomic E-state index is 4.28. The summed E-state index contributed by atoms with van der Waals surface area (Å²) in [7, 11) is 0. The highest BCUT2D eigenvalue weighted by molar-refractivity contribution is 7.98. The second-order valence-corrected chi connectivity index (χ2v) is 5.74. The molecule has 1 aromatic rings. The summed E-state index contributed by atoms with van der Waals surface area (Å²) in [6.45, 7) is 6.55. The molecule has 0 aliphatic rings. The Morgan fingerprint density at radius 2 is 2.27 bits per heavy atom. The van der Waals surface area contributed by atoms with Crippen molar-refractivity contribution in [1.29, 1.82) is 0 Å². The Morgan fingerprint density at radius 3 is 2.80 bits per heavy atom. The molecule has 1 heterocycles. The molecule has 2 unspecified atom stereocenters. The van der Waals surface area contributed by atoms with E-state index in [2.05, 4.69) is 37.3 Å². The lowest BCUT2D eigenvalue weighted by Gasteiger charge is -2.19. The first-order valence-corrected chi connectivity index (χ1v) is 7.57. The van der Waals surface area contributed by atoms with E-state index in [1.807, 2.05) is 17.3 Å². The molecule has 0 bridgehead atoms. The number of thiazole rings is 1. The molecule has 2 atom stereocenters. The predicted octanol–water partition coefficient (Wildman–Crippen LogP) is 3.24. The molecule has 0 saturated heterocycles. The molecule has 0 saturated carbocycles. The lowest BCUT2D eigenvalue weighted by molar-refractivity contribution is 0.474. The van der Waals surface area contributed by atoms with E-state index < -0.39 is 0 Å². The minimum Gasteiger partial charge on any atom is -0.307 e. The molecular formula is C11H20N2S2. The Bertz CT molecular complexity index is 286. The van der Waals surface area contributed by atoms with Crippen molar-refractivity contribution in [1.82, 2.24) is 10.3 Å². The van der Waals surface area contributed by atoms with Crippen LogP contribution in [0.1, 0.15) is 36.9 Å². The van der Waals surface area contributed by atoms with Crippen molar-refractivity contribution in [2.45, 2.75) is 39.3 Å². The Labute approximate surface area is 101 Å². The maximum absolute atomic E-state index is 4.28. The SMILES string of the molecule is CSCCC(C)NC(C)c1scnc1C. The van der Waals surface area contributed by atoms with E-state index in [1.54, 1.807) is 11.3 Å². The Kier molecular flexibility index (Phi) is 5.64. The van der Waals surface area contributed by atoms with E-state index in [9.17, 15) is 0 Å². The first kappa shape index (κ1) is 13.0. The highest BCUT2D eigenvalue weighted by Gasteiger charge is 2.12. The number of rotatable bonds is 6. The van der Waals surface area contributed by atoms with Crippen LogP contribution in [0.25, 0.3) is 0 Å². The average molecular weight is 244 g/mol. The Morgan fingerprint density at radius 1 is 1.53 bits per heavy atom. The van der Waals surface area contributed by atoms with Crippen LogP contribution < -0.4 is 5.32 Å². The highest BCUT2D eigenvalue weighted by Crippen LogP contribution is 2.21. The molecule has 1 aromatic heterocycles. The predicted molar refractivity (Wildman–Crippen MR) is 70.9 cm³/mol. The zero-order valence-corrected chi connectivity index (χ0v) is 11.5. The number of nitrogens with one attached hydrogen (secondary N) is 1. The smallest absolute Gasteiger partial charge is 0.0798 e. The van der Waals surface area contributed by atoms with Crippen LogP contribution in [0.5, 0.6) is 0 Å². The molecule has 86 valence electrons. The van der Waals surface area contributed by atoms with E-state index in [1.165, 1.54) is 17.1 Å². The third-order valence-corrected chi connectivity index (χ3v) is 4.22. The van der Waals surface area contributed by atoms with Crippen molar-refractivity contribution < 1.29 is 0 Å². The first-order chi connectivity index (χ1) is 7.15. The summed E-state index contributed by atoms with van der Waals surface area (Å²) in [6, 6.07) is 1.00. The van der Waals surface area contributed by atoms with E-state index >= 15 is 0 Å². The minimum absolute atomic E-state index is 0.425. The summed E-state index contributed by atoms with van der Waals surface area (Å²) in [5.74, 6) is 1.22. The van der Waals surface area contributed by atoms with Gasteiger partial charge in [0.2, 0.25) is 0 Å². The van der Waals surface area contributed by atoms with Crippen LogP contribution in [0.15, 0.2) is 5.51 Å². The first-order valence-electron chi connectivity index (χ1n) is 5.30. The highest BCUT2D eigenvalue weighted by atomic mass is 32.2. The van der Waals surface area contributed by atoms with Gasteiger partial charge < -0.3 is 5.32 Å². The van der Waals surface area contributed by atoms with Gasteiger partial charge in [0.25, 0.3) is 0 Å². The van der Waals surface area contributed by atoms with Crippen LogP contribution in [0.4, 0.5) is 0 Å². The maximum Gasteiger partial charge on any atom is 0.0798 e. The van der Waals surface area contributed by atoms with Crippen molar-refractivity contribution in [3.63, 3.8) is 0 Å². The summed E-state index contributed by atoms with van der Waals surface area (Å²) < 4.78 is 0. The fourth-order valence-electron chi connectivity index (χ4n) is 1.61. The number of nitrogens with zero attached hydrogens (tertiary/aromatic N) is 1. The van der Waals surface area contributed by atoms with Crippen LogP contribution in [-0.2, 0) is 0 Å². The van der Waals surface area contributed by atoms with E-state index in [0.29, 0.717) is 12.1 Å². The largest absolute Gasteiger partial charge is 0.307 e. The van der Waals surface area contributed by atoms with Gasteiger partial charge in [0.1, 0.15) is 0 Å². The van der Waals surface area contributed by atoms with Crippen LogP contribution >= 0.6 is 23.1 Å². The average Bonchev–Trinajstić information content (AvgIpc) is 2.61. The second kappa shape index (κ2) is 6.51. The normalized spacial score (nSPS) is 15.2. The van der Waals surface area contributed by atoms with Crippen molar-refractivity contribution in [2.24, 2.45) is 0 Å². The van der Waals surface area contributed by atoms with Crippen LogP contribution in [-0.4, -0.2) is 23.0 Å². The lowest BCUT2D eigenvalue weighted by atomic mass is 10.2. The second-order valence-electron chi connectivity index (χ2n) is 3.87. The quantitative estimate of drug-likeness (QED) is 0.831. The Balaban J connectivity index is 2.42. The van der Waals surface area contributed by atoms with E-state index in [0.717, 1.165) is 5.69 Å². The number of aromatic nitrogens is 1.